The second-order valence-electron chi connectivity index (χ2n) is 5.37. The maximum absolute atomic E-state index is 4.31. The van der Waals surface area contributed by atoms with Gasteiger partial charge < -0.3 is 5.32 Å². The van der Waals surface area contributed by atoms with Crippen LogP contribution in [0.25, 0.3) is 0 Å². The van der Waals surface area contributed by atoms with Crippen LogP contribution in [0.4, 0.5) is 0 Å². The van der Waals surface area contributed by atoms with Crippen molar-refractivity contribution in [3.05, 3.63) is 29.6 Å². The maximum Gasteiger partial charge on any atom is 0.0417 e. The van der Waals surface area contributed by atoms with Gasteiger partial charge in [-0.3, -0.25) is 4.98 Å². The molecule has 1 saturated carbocycles. The highest BCUT2D eigenvalue weighted by Crippen LogP contribution is 2.36. The summed E-state index contributed by atoms with van der Waals surface area (Å²) in [4.78, 5) is 4.31. The van der Waals surface area contributed by atoms with E-state index in [-0.39, 0.29) is 12.4 Å². The van der Waals surface area contributed by atoms with Gasteiger partial charge in [-0.15, -0.1) is 12.4 Å². The molecule has 1 aromatic rings. The highest BCUT2D eigenvalue weighted by atomic mass is 35.5. The largest absolute Gasteiger partial charge is 0.312 e. The van der Waals surface area contributed by atoms with Gasteiger partial charge in [-0.2, -0.15) is 0 Å². The molecule has 17 heavy (non-hydrogen) atoms. The molecule has 1 fully saturated rings. The second-order valence-corrected chi connectivity index (χ2v) is 5.37. The van der Waals surface area contributed by atoms with E-state index in [9.17, 15) is 0 Å². The van der Waals surface area contributed by atoms with Crippen molar-refractivity contribution in [2.75, 3.05) is 6.54 Å². The van der Waals surface area contributed by atoms with Gasteiger partial charge in [0.15, 0.2) is 0 Å². The predicted octanol–water partition coefficient (Wildman–Crippen LogP) is 3.48. The van der Waals surface area contributed by atoms with Crippen molar-refractivity contribution in [1.82, 2.24) is 10.3 Å². The first-order chi connectivity index (χ1) is 7.70. The van der Waals surface area contributed by atoms with E-state index in [1.165, 1.54) is 31.2 Å². The van der Waals surface area contributed by atoms with E-state index in [2.05, 4.69) is 30.2 Å². The van der Waals surface area contributed by atoms with Gasteiger partial charge in [0.1, 0.15) is 0 Å². The minimum atomic E-state index is 0. The number of hydrogen-bond donors (Lipinski definition) is 1. The van der Waals surface area contributed by atoms with Crippen LogP contribution >= 0.6 is 12.4 Å². The zero-order chi connectivity index (χ0) is 11.4. The Hall–Kier alpha value is -0.600. The smallest absolute Gasteiger partial charge is 0.0417 e. The quantitative estimate of drug-likeness (QED) is 0.890. The lowest BCUT2D eigenvalue weighted by atomic mass is 9.89. The van der Waals surface area contributed by atoms with E-state index in [1.807, 2.05) is 12.3 Å². The molecule has 1 N–H and O–H groups in total. The average molecular weight is 255 g/mol. The van der Waals surface area contributed by atoms with E-state index in [0.717, 1.165) is 18.8 Å². The van der Waals surface area contributed by atoms with Crippen molar-refractivity contribution >= 4 is 12.4 Å². The number of rotatable bonds is 4. The first-order valence-corrected chi connectivity index (χ1v) is 6.31. The number of aryl methyl sites for hydroxylation is 1. The zero-order valence-electron chi connectivity index (χ0n) is 10.8. The number of aromatic nitrogens is 1. The van der Waals surface area contributed by atoms with Crippen LogP contribution in [-0.4, -0.2) is 11.5 Å². The minimum absolute atomic E-state index is 0. The molecule has 3 heteroatoms. The lowest BCUT2D eigenvalue weighted by molar-refractivity contribution is 0.314. The molecule has 96 valence electrons. The lowest BCUT2D eigenvalue weighted by Gasteiger charge is -2.24. The molecule has 0 unspecified atom stereocenters. The third kappa shape index (κ3) is 3.97. The first kappa shape index (κ1) is 14.5. The van der Waals surface area contributed by atoms with Crippen LogP contribution in [0.2, 0.25) is 0 Å². The van der Waals surface area contributed by atoms with E-state index in [0.29, 0.717) is 5.41 Å². The number of pyridine rings is 1. The fourth-order valence-electron chi connectivity index (χ4n) is 2.61. The zero-order valence-corrected chi connectivity index (χ0v) is 11.6. The Kier molecular flexibility index (Phi) is 5.41. The molecule has 1 heterocycles. The molecule has 0 spiro atoms. The van der Waals surface area contributed by atoms with Gasteiger partial charge in [-0.05, 0) is 36.8 Å². The number of halogens is 1. The summed E-state index contributed by atoms with van der Waals surface area (Å²) < 4.78 is 0. The molecular weight excluding hydrogens is 232 g/mol. The Balaban J connectivity index is 0.00000144. The summed E-state index contributed by atoms with van der Waals surface area (Å²) >= 11 is 0. The molecule has 0 aliphatic heterocycles. The Morgan fingerprint density at radius 3 is 2.71 bits per heavy atom. The van der Waals surface area contributed by atoms with Gasteiger partial charge in [0.2, 0.25) is 0 Å². The molecule has 1 aromatic heterocycles. The van der Waals surface area contributed by atoms with Gasteiger partial charge >= 0.3 is 0 Å². The van der Waals surface area contributed by atoms with Crippen molar-refractivity contribution in [2.24, 2.45) is 5.41 Å². The van der Waals surface area contributed by atoms with Crippen molar-refractivity contribution < 1.29 is 0 Å². The molecule has 2 rings (SSSR count). The summed E-state index contributed by atoms with van der Waals surface area (Å²) in [7, 11) is 0. The monoisotopic (exact) mass is 254 g/mol. The molecular formula is C14H23ClN2. The molecule has 0 amide bonds. The van der Waals surface area contributed by atoms with Gasteiger partial charge in [-0.1, -0.05) is 25.8 Å². The Bertz CT molecular complexity index is 346. The minimum Gasteiger partial charge on any atom is -0.312 e. The van der Waals surface area contributed by atoms with Crippen molar-refractivity contribution in [3.8, 4) is 0 Å². The van der Waals surface area contributed by atoms with Gasteiger partial charge in [-0.25, -0.2) is 0 Å². The second kappa shape index (κ2) is 6.36. The molecule has 2 nitrogen and oxygen atoms in total. The topological polar surface area (TPSA) is 24.9 Å². The fraction of sp³-hybridized carbons (Fsp3) is 0.643. The van der Waals surface area contributed by atoms with Crippen LogP contribution in [0.1, 0.15) is 43.9 Å². The van der Waals surface area contributed by atoms with Crippen LogP contribution in [0, 0.1) is 12.3 Å². The standard InChI is InChI=1S/C14H22N2.ClH/c1-12-13(6-5-9-16-12)10-15-11-14(2)7-3-4-8-14;/h5-6,9,15H,3-4,7-8,10-11H2,1-2H3;1H. The molecule has 0 bridgehead atoms. The molecule has 0 atom stereocenters. The highest BCUT2D eigenvalue weighted by Gasteiger charge is 2.27. The molecule has 1 aliphatic rings. The van der Waals surface area contributed by atoms with Crippen LogP contribution in [0.3, 0.4) is 0 Å². The average Bonchev–Trinajstić information content (AvgIpc) is 2.68. The van der Waals surface area contributed by atoms with Gasteiger partial charge in [0.25, 0.3) is 0 Å². The van der Waals surface area contributed by atoms with E-state index in [4.69, 9.17) is 0 Å². The molecule has 1 aliphatic carbocycles. The summed E-state index contributed by atoms with van der Waals surface area (Å²) in [6.45, 7) is 6.58. The summed E-state index contributed by atoms with van der Waals surface area (Å²) in [6.07, 6.45) is 7.43. The highest BCUT2D eigenvalue weighted by molar-refractivity contribution is 5.85. The summed E-state index contributed by atoms with van der Waals surface area (Å²) in [5.74, 6) is 0. The van der Waals surface area contributed by atoms with E-state index in [1.54, 1.807) is 0 Å². The number of nitrogens with zero attached hydrogens (tertiary/aromatic N) is 1. The third-order valence-corrected chi connectivity index (χ3v) is 3.79. The Morgan fingerprint density at radius 1 is 1.35 bits per heavy atom. The van der Waals surface area contributed by atoms with Gasteiger partial charge in [0, 0.05) is 25.0 Å². The van der Waals surface area contributed by atoms with Crippen molar-refractivity contribution in [2.45, 2.75) is 46.1 Å². The van der Waals surface area contributed by atoms with E-state index >= 15 is 0 Å². The predicted molar refractivity (Wildman–Crippen MR) is 74.5 cm³/mol. The van der Waals surface area contributed by atoms with Gasteiger partial charge in [0.05, 0.1) is 0 Å². The summed E-state index contributed by atoms with van der Waals surface area (Å²) in [5, 5.41) is 3.58. The third-order valence-electron chi connectivity index (χ3n) is 3.79. The Morgan fingerprint density at radius 2 is 2.06 bits per heavy atom. The van der Waals surface area contributed by atoms with Crippen molar-refractivity contribution in [1.29, 1.82) is 0 Å². The van der Waals surface area contributed by atoms with Crippen molar-refractivity contribution in [3.63, 3.8) is 0 Å². The molecule has 0 saturated heterocycles. The van der Waals surface area contributed by atoms with Crippen LogP contribution in [0.5, 0.6) is 0 Å². The number of hydrogen-bond acceptors (Lipinski definition) is 2. The van der Waals surface area contributed by atoms with Crippen LogP contribution in [0.15, 0.2) is 18.3 Å². The summed E-state index contributed by atoms with van der Waals surface area (Å²) in [6, 6.07) is 4.17. The first-order valence-electron chi connectivity index (χ1n) is 6.31. The SMILES string of the molecule is Cc1ncccc1CNCC1(C)CCCC1.Cl. The fourth-order valence-corrected chi connectivity index (χ4v) is 2.61. The van der Waals surface area contributed by atoms with Crippen LogP contribution < -0.4 is 5.32 Å². The summed E-state index contributed by atoms with van der Waals surface area (Å²) in [5.41, 5.74) is 3.01. The number of nitrogens with one attached hydrogen (secondary N) is 1. The molecule has 0 radical (unpaired) electrons. The van der Waals surface area contributed by atoms with Crippen LogP contribution in [-0.2, 0) is 6.54 Å². The molecule has 0 aromatic carbocycles. The lowest BCUT2D eigenvalue weighted by Crippen LogP contribution is -2.29. The maximum atomic E-state index is 4.31. The van der Waals surface area contributed by atoms with E-state index < -0.39 is 0 Å². The normalized spacial score (nSPS) is 17.8. The Labute approximate surface area is 111 Å².